The summed E-state index contributed by atoms with van der Waals surface area (Å²) in [6.45, 7) is 1.74. The Hall–Kier alpha value is 0.210. The normalized spacial score (nSPS) is 8.62. The number of aliphatic hydroxyl groups excluding tert-OH is 1. The van der Waals surface area contributed by atoms with Crippen molar-refractivity contribution in [1.29, 1.82) is 0 Å². The van der Waals surface area contributed by atoms with E-state index < -0.39 is 0 Å². The largest absolute Gasteiger partial charge is 1.00 e. The quantitative estimate of drug-likeness (QED) is 0.266. The predicted octanol–water partition coefficient (Wildman–Crippen LogP) is -1.85. The van der Waals surface area contributed by atoms with Crippen LogP contribution < -0.4 is 29.6 Å². The van der Waals surface area contributed by atoms with Gasteiger partial charge in [-0.3, -0.25) is 4.79 Å². The summed E-state index contributed by atoms with van der Waals surface area (Å²) in [5.74, 6) is -0.0532. The van der Waals surface area contributed by atoms with Gasteiger partial charge in [0.2, 0.25) is 0 Å². The van der Waals surface area contributed by atoms with Gasteiger partial charge in [-0.25, -0.2) is 0 Å². The van der Waals surface area contributed by atoms with Crippen molar-refractivity contribution in [2.24, 2.45) is 0 Å². The average Bonchev–Trinajstić information content (AvgIpc) is 1.68. The molecule has 0 aliphatic rings. The van der Waals surface area contributed by atoms with E-state index in [0.29, 0.717) is 6.42 Å². The molecule has 2 nitrogen and oxygen atoms in total. The molecule has 0 amide bonds. The third-order valence-electron chi connectivity index (χ3n) is 0.609. The smallest absolute Gasteiger partial charge is 1.00 e. The molecular formula is C5H9NaO2. The number of rotatable bonds is 2. The second kappa shape index (κ2) is 7.21. The summed E-state index contributed by atoms with van der Waals surface area (Å²) in [7, 11) is 0. The van der Waals surface area contributed by atoms with E-state index in [4.69, 9.17) is 5.11 Å². The molecule has 0 spiro atoms. The monoisotopic (exact) mass is 124 g/mol. The van der Waals surface area contributed by atoms with Crippen molar-refractivity contribution in [3.05, 3.63) is 12.3 Å². The van der Waals surface area contributed by atoms with Crippen LogP contribution in [-0.4, -0.2) is 10.9 Å². The molecule has 1 N–H and O–H groups in total. The first-order valence-corrected chi connectivity index (χ1v) is 2.14. The molecule has 0 saturated carbocycles. The van der Waals surface area contributed by atoms with Crippen LogP contribution in [-0.2, 0) is 4.79 Å². The molecule has 0 aromatic heterocycles. The van der Waals surface area contributed by atoms with Crippen molar-refractivity contribution < 1.29 is 40.9 Å². The molecule has 0 aromatic carbocycles. The van der Waals surface area contributed by atoms with Gasteiger partial charge in [-0.05, 0) is 0 Å². The first-order chi connectivity index (χ1) is 3.31. The van der Waals surface area contributed by atoms with Gasteiger partial charge in [0.05, 0.1) is 6.26 Å². The zero-order valence-corrected chi connectivity index (χ0v) is 7.22. The Balaban J connectivity index is -0.000000180. The summed E-state index contributed by atoms with van der Waals surface area (Å²) in [4.78, 5) is 10.2. The Morgan fingerprint density at radius 2 is 2.38 bits per heavy atom. The van der Waals surface area contributed by atoms with Crippen LogP contribution in [0.25, 0.3) is 0 Å². The molecule has 0 radical (unpaired) electrons. The van der Waals surface area contributed by atoms with Crippen LogP contribution in [0.5, 0.6) is 0 Å². The molecule has 0 atom stereocenters. The summed E-state index contributed by atoms with van der Waals surface area (Å²) < 4.78 is 0. The Morgan fingerprint density at radius 3 is 2.50 bits per heavy atom. The van der Waals surface area contributed by atoms with Crippen molar-refractivity contribution in [1.82, 2.24) is 0 Å². The van der Waals surface area contributed by atoms with E-state index in [0.717, 1.165) is 12.3 Å². The molecule has 8 heavy (non-hydrogen) atoms. The van der Waals surface area contributed by atoms with Gasteiger partial charge in [-0.2, -0.15) is 0 Å². The molecule has 0 aliphatic carbocycles. The fraction of sp³-hybridized carbons (Fsp3) is 0.400. The van der Waals surface area contributed by atoms with E-state index in [-0.39, 0.29) is 36.8 Å². The van der Waals surface area contributed by atoms with E-state index in [2.05, 4.69) is 0 Å². The molecule has 0 aliphatic heterocycles. The maximum absolute atomic E-state index is 10.2. The van der Waals surface area contributed by atoms with Crippen molar-refractivity contribution in [3.8, 4) is 0 Å². The SMILES string of the molecule is CCC(=O)/C=C/O.[H-].[Na+]. The van der Waals surface area contributed by atoms with E-state index >= 15 is 0 Å². The molecule has 0 rings (SSSR count). The number of aliphatic hydroxyl groups is 1. The fourth-order valence-corrected chi connectivity index (χ4v) is 0.201. The van der Waals surface area contributed by atoms with Crippen LogP contribution in [0.3, 0.4) is 0 Å². The first kappa shape index (κ1) is 11.1. The van der Waals surface area contributed by atoms with E-state index in [1.807, 2.05) is 0 Å². The van der Waals surface area contributed by atoms with Crippen LogP contribution in [0.2, 0.25) is 0 Å². The molecule has 0 aromatic rings. The Bertz CT molecular complexity index is 93.0. The van der Waals surface area contributed by atoms with E-state index in [1.165, 1.54) is 0 Å². The molecule has 0 unspecified atom stereocenters. The van der Waals surface area contributed by atoms with Crippen molar-refractivity contribution in [2.75, 3.05) is 0 Å². The van der Waals surface area contributed by atoms with Gasteiger partial charge < -0.3 is 6.53 Å². The van der Waals surface area contributed by atoms with Gasteiger partial charge in [0.15, 0.2) is 5.78 Å². The van der Waals surface area contributed by atoms with Gasteiger partial charge in [-0.1, -0.05) is 6.92 Å². The maximum Gasteiger partial charge on any atom is 1.00 e. The summed E-state index contributed by atoms with van der Waals surface area (Å²) in [6, 6.07) is 0. The zero-order chi connectivity index (χ0) is 5.70. The number of ketones is 1. The summed E-state index contributed by atoms with van der Waals surface area (Å²) >= 11 is 0. The minimum atomic E-state index is -0.0532. The van der Waals surface area contributed by atoms with Crippen LogP contribution in [0.4, 0.5) is 0 Å². The minimum Gasteiger partial charge on any atom is -1.00 e. The Labute approximate surface area is 72.4 Å². The van der Waals surface area contributed by atoms with Gasteiger partial charge in [0.25, 0.3) is 0 Å². The van der Waals surface area contributed by atoms with Crippen molar-refractivity contribution in [2.45, 2.75) is 13.3 Å². The topological polar surface area (TPSA) is 37.3 Å². The number of carbonyl (C=O) groups excluding carboxylic acids is 1. The van der Waals surface area contributed by atoms with E-state index in [9.17, 15) is 4.79 Å². The standard InChI is InChI=1S/C5H8O2.Na.H/c1-2-5(7)3-4-6;;/h3-4,6H,2H2,1H3;;/q;+1;-1/b4-3+;;. The van der Waals surface area contributed by atoms with E-state index in [1.54, 1.807) is 6.92 Å². The van der Waals surface area contributed by atoms with Crippen LogP contribution >= 0.6 is 0 Å². The molecule has 0 heterocycles. The fourth-order valence-electron chi connectivity index (χ4n) is 0.201. The molecular weight excluding hydrogens is 115 g/mol. The molecule has 0 bridgehead atoms. The predicted molar refractivity (Wildman–Crippen MR) is 28.2 cm³/mol. The van der Waals surface area contributed by atoms with Gasteiger partial charge >= 0.3 is 29.6 Å². The van der Waals surface area contributed by atoms with Crippen LogP contribution in [0, 0.1) is 0 Å². The first-order valence-electron chi connectivity index (χ1n) is 2.14. The summed E-state index contributed by atoms with van der Waals surface area (Å²) in [5.41, 5.74) is 0. The third kappa shape index (κ3) is 6.21. The molecule has 0 saturated heterocycles. The molecule has 0 fully saturated rings. The molecule has 42 valence electrons. The van der Waals surface area contributed by atoms with Crippen molar-refractivity contribution >= 4 is 5.78 Å². The van der Waals surface area contributed by atoms with Gasteiger partial charge in [-0.15, -0.1) is 0 Å². The van der Waals surface area contributed by atoms with Crippen molar-refractivity contribution in [3.63, 3.8) is 0 Å². The van der Waals surface area contributed by atoms with Crippen LogP contribution in [0.15, 0.2) is 12.3 Å². The Kier molecular flexibility index (Phi) is 9.97. The second-order valence-electron chi connectivity index (χ2n) is 1.14. The van der Waals surface area contributed by atoms with Gasteiger partial charge in [0.1, 0.15) is 0 Å². The number of hydrogen-bond acceptors (Lipinski definition) is 2. The number of allylic oxidation sites excluding steroid dienone is 1. The number of hydrogen-bond donors (Lipinski definition) is 1. The maximum atomic E-state index is 10.2. The summed E-state index contributed by atoms with van der Waals surface area (Å²) in [5, 5.41) is 7.97. The third-order valence-corrected chi connectivity index (χ3v) is 0.609. The van der Waals surface area contributed by atoms with Gasteiger partial charge in [0, 0.05) is 12.5 Å². The summed E-state index contributed by atoms with van der Waals surface area (Å²) in [6.07, 6.45) is 2.35. The number of carbonyl (C=O) groups is 1. The Morgan fingerprint density at radius 1 is 1.88 bits per heavy atom. The second-order valence-corrected chi connectivity index (χ2v) is 1.14. The zero-order valence-electron chi connectivity index (χ0n) is 6.22. The minimum absolute atomic E-state index is 0. The van der Waals surface area contributed by atoms with Crippen LogP contribution in [0.1, 0.15) is 14.8 Å². The molecule has 3 heteroatoms. The average molecular weight is 124 g/mol.